The molecule has 0 heterocycles. The van der Waals surface area contributed by atoms with Gasteiger partial charge in [-0.2, -0.15) is 0 Å². The first-order valence-corrected chi connectivity index (χ1v) is 2.08. The van der Waals surface area contributed by atoms with Crippen LogP contribution in [0, 0.1) is 0 Å². The maximum atomic E-state index is 4.96. The Balaban J connectivity index is -0.0000000800. The predicted octanol–water partition coefficient (Wildman–Crippen LogP) is -0.497. The molecule has 0 aliphatic carbocycles. The van der Waals surface area contributed by atoms with Crippen LogP contribution in [0.4, 0.5) is 0 Å². The SMILES string of the molecule is ClC=C(Cl)Cl.[K+].[Pt+2]. The molecule has 0 aromatic rings. The number of rotatable bonds is 0. The fourth-order valence-electron chi connectivity index (χ4n) is 0. The van der Waals surface area contributed by atoms with Gasteiger partial charge in [0.15, 0.2) is 0 Å². The first-order valence-electron chi connectivity index (χ1n) is 0.885. The Bertz CT molecular complexity index is 50.9. The quantitative estimate of drug-likeness (QED) is 0.508. The largest absolute Gasteiger partial charge is 2.00 e. The number of halogens is 3. The standard InChI is InChI=1S/C2HCl3.K.Pt/c3-1-2(4)5;;/h1H;;/q;+1;+2. The predicted molar refractivity (Wildman–Crippen MR) is 25.6 cm³/mol. The van der Waals surface area contributed by atoms with Crippen molar-refractivity contribution in [1.82, 2.24) is 0 Å². The summed E-state index contributed by atoms with van der Waals surface area (Å²) in [6, 6.07) is 0. The van der Waals surface area contributed by atoms with E-state index in [1.807, 2.05) is 0 Å². The van der Waals surface area contributed by atoms with Crippen LogP contribution in [0.5, 0.6) is 0 Å². The summed E-state index contributed by atoms with van der Waals surface area (Å²) in [6.45, 7) is 0. The maximum Gasteiger partial charge on any atom is 2.00 e. The van der Waals surface area contributed by atoms with E-state index < -0.39 is 0 Å². The van der Waals surface area contributed by atoms with Gasteiger partial charge in [-0.3, -0.25) is 0 Å². The van der Waals surface area contributed by atoms with Crippen molar-refractivity contribution in [3.05, 3.63) is 10.0 Å². The second-order valence-electron chi connectivity index (χ2n) is 0.399. The molecule has 0 amide bonds. The molecular weight excluding hydrogens is 365 g/mol. The summed E-state index contributed by atoms with van der Waals surface area (Å²) in [5, 5.41) is 0. The molecule has 0 spiro atoms. The van der Waals surface area contributed by atoms with Crippen LogP contribution in [0.15, 0.2) is 10.0 Å². The molecule has 0 aromatic heterocycles. The molecule has 0 rings (SSSR count). The van der Waals surface area contributed by atoms with Crippen molar-refractivity contribution >= 4 is 34.8 Å². The molecule has 0 fully saturated rings. The average Bonchev–Trinajstić information content (AvgIpc) is 1.38. The van der Waals surface area contributed by atoms with E-state index >= 15 is 0 Å². The molecule has 0 nitrogen and oxygen atoms in total. The van der Waals surface area contributed by atoms with Crippen LogP contribution < -0.4 is 51.4 Å². The Labute approximate surface area is 115 Å². The number of hydrogen-bond donors (Lipinski definition) is 0. The molecule has 0 unspecified atom stereocenters. The van der Waals surface area contributed by atoms with Crippen molar-refractivity contribution in [3.63, 3.8) is 0 Å². The van der Waals surface area contributed by atoms with Crippen LogP contribution in [0.2, 0.25) is 0 Å². The van der Waals surface area contributed by atoms with Crippen LogP contribution in [-0.4, -0.2) is 0 Å². The first-order chi connectivity index (χ1) is 2.27. The summed E-state index contributed by atoms with van der Waals surface area (Å²) in [5.74, 6) is 0. The van der Waals surface area contributed by atoms with Gasteiger partial charge >= 0.3 is 72.4 Å². The van der Waals surface area contributed by atoms with Crippen LogP contribution in [0.3, 0.4) is 0 Å². The van der Waals surface area contributed by atoms with Gasteiger partial charge in [-0.1, -0.05) is 34.8 Å². The van der Waals surface area contributed by atoms with Gasteiger partial charge in [0.1, 0.15) is 4.49 Å². The third-order valence-corrected chi connectivity index (χ3v) is 0.742. The van der Waals surface area contributed by atoms with Gasteiger partial charge in [0, 0.05) is 5.54 Å². The van der Waals surface area contributed by atoms with Gasteiger partial charge in [-0.15, -0.1) is 0 Å². The van der Waals surface area contributed by atoms with Crippen LogP contribution in [0.25, 0.3) is 0 Å². The minimum Gasteiger partial charge on any atom is -0.0904 e. The molecule has 0 radical (unpaired) electrons. The minimum absolute atomic E-state index is 0. The number of hydrogen-bond acceptors (Lipinski definition) is 0. The van der Waals surface area contributed by atoms with Crippen molar-refractivity contribution in [2.24, 2.45) is 0 Å². The molecule has 0 bridgehead atoms. The summed E-state index contributed by atoms with van der Waals surface area (Å²) in [4.78, 5) is 0. The van der Waals surface area contributed by atoms with E-state index in [1.54, 1.807) is 0 Å². The van der Waals surface area contributed by atoms with E-state index in [-0.39, 0.29) is 76.9 Å². The Kier molecular flexibility index (Phi) is 27.6. The zero-order valence-electron chi connectivity index (χ0n) is 3.53. The van der Waals surface area contributed by atoms with Crippen molar-refractivity contribution in [2.45, 2.75) is 0 Å². The second-order valence-corrected chi connectivity index (χ2v) is 1.62. The van der Waals surface area contributed by atoms with E-state index in [1.165, 1.54) is 0 Å². The topological polar surface area (TPSA) is 0 Å². The zero-order valence-corrected chi connectivity index (χ0v) is 11.2. The van der Waals surface area contributed by atoms with Crippen molar-refractivity contribution < 1.29 is 72.4 Å². The van der Waals surface area contributed by atoms with Crippen molar-refractivity contribution in [1.29, 1.82) is 0 Å². The minimum atomic E-state index is 0. The summed E-state index contributed by atoms with van der Waals surface area (Å²) < 4.78 is 0.0895. The molecule has 0 aliphatic rings. The normalized spacial score (nSPS) is 5.00. The Hall–Kier alpha value is 2.93. The van der Waals surface area contributed by atoms with Crippen LogP contribution in [-0.2, 0) is 21.1 Å². The Morgan fingerprint density at radius 2 is 1.43 bits per heavy atom. The van der Waals surface area contributed by atoms with E-state index in [0.29, 0.717) is 0 Å². The second kappa shape index (κ2) is 11.7. The molecule has 0 aromatic carbocycles. The summed E-state index contributed by atoms with van der Waals surface area (Å²) in [5.41, 5.74) is 1.09. The molecule has 5 heteroatoms. The fraction of sp³-hybridized carbons (Fsp3) is 0. The first kappa shape index (κ1) is 16.5. The molecule has 7 heavy (non-hydrogen) atoms. The summed E-state index contributed by atoms with van der Waals surface area (Å²) >= 11 is 14.8. The summed E-state index contributed by atoms with van der Waals surface area (Å²) in [6.07, 6.45) is 0. The fourth-order valence-corrected chi connectivity index (χ4v) is 0. The summed E-state index contributed by atoms with van der Waals surface area (Å²) in [7, 11) is 0. The van der Waals surface area contributed by atoms with E-state index in [4.69, 9.17) is 34.8 Å². The average molecular weight is 366 g/mol. The van der Waals surface area contributed by atoms with Gasteiger partial charge in [-0.25, -0.2) is 0 Å². The Morgan fingerprint density at radius 1 is 1.29 bits per heavy atom. The van der Waals surface area contributed by atoms with E-state index in [2.05, 4.69) is 0 Å². The third-order valence-electron chi connectivity index (χ3n) is 0.0825. The van der Waals surface area contributed by atoms with E-state index in [0.717, 1.165) is 5.54 Å². The van der Waals surface area contributed by atoms with E-state index in [9.17, 15) is 0 Å². The van der Waals surface area contributed by atoms with Crippen molar-refractivity contribution in [3.8, 4) is 0 Å². The smallest absolute Gasteiger partial charge is 0.0904 e. The van der Waals surface area contributed by atoms with Gasteiger partial charge in [0.25, 0.3) is 0 Å². The molecule has 0 saturated heterocycles. The maximum absolute atomic E-state index is 4.96. The molecule has 0 saturated carbocycles. The Morgan fingerprint density at radius 3 is 1.43 bits per heavy atom. The van der Waals surface area contributed by atoms with Crippen molar-refractivity contribution in [2.75, 3.05) is 0 Å². The van der Waals surface area contributed by atoms with Gasteiger partial charge in [-0.05, 0) is 0 Å². The molecule has 0 atom stereocenters. The monoisotopic (exact) mass is 364 g/mol. The van der Waals surface area contributed by atoms with Crippen LogP contribution >= 0.6 is 34.8 Å². The van der Waals surface area contributed by atoms with Gasteiger partial charge in [0.05, 0.1) is 0 Å². The molecule has 0 aliphatic heterocycles. The molecular formula is C2HCl3KPt+3. The molecule has 0 N–H and O–H groups in total. The van der Waals surface area contributed by atoms with Crippen LogP contribution in [0.1, 0.15) is 0 Å². The zero-order chi connectivity index (χ0) is 4.28. The van der Waals surface area contributed by atoms with Gasteiger partial charge in [0.2, 0.25) is 0 Å². The third kappa shape index (κ3) is 17.6. The molecule has 38 valence electrons. The van der Waals surface area contributed by atoms with Gasteiger partial charge < -0.3 is 0 Å².